The van der Waals surface area contributed by atoms with Crippen molar-refractivity contribution in [3.63, 3.8) is 0 Å². The predicted molar refractivity (Wildman–Crippen MR) is 156 cm³/mol. The molecule has 3 heterocycles. The number of hydrogen-bond donors (Lipinski definition) is 3. The molecule has 1 saturated heterocycles. The van der Waals surface area contributed by atoms with E-state index in [0.29, 0.717) is 37.0 Å². The number of hydrogen-bond acceptors (Lipinski definition) is 6. The van der Waals surface area contributed by atoms with Crippen molar-refractivity contribution in [3.05, 3.63) is 75.0 Å². The highest BCUT2D eigenvalue weighted by atomic mass is 32.1. The minimum atomic E-state index is -1.03. The van der Waals surface area contributed by atoms with Gasteiger partial charge >= 0.3 is 13.1 Å². The summed E-state index contributed by atoms with van der Waals surface area (Å²) in [5.41, 5.74) is 4.57. The zero-order chi connectivity index (χ0) is 28.9. The summed E-state index contributed by atoms with van der Waals surface area (Å²) >= 11 is 1.78. The second-order valence-electron chi connectivity index (χ2n) is 9.58. The van der Waals surface area contributed by atoms with Gasteiger partial charge in [-0.2, -0.15) is 0 Å². The van der Waals surface area contributed by atoms with Crippen molar-refractivity contribution in [2.45, 2.75) is 66.5 Å². The van der Waals surface area contributed by atoms with E-state index < -0.39 is 19.1 Å². The quantitative estimate of drug-likeness (QED) is 0.366. The third kappa shape index (κ3) is 10.1. The second kappa shape index (κ2) is 16.0. The molecule has 1 atom stereocenters. The summed E-state index contributed by atoms with van der Waals surface area (Å²) in [6, 6.07) is 8.57. The number of likely N-dealkylation sites (tertiary alicyclic amines) is 1. The maximum atomic E-state index is 12.8. The smallest absolute Gasteiger partial charge is 0.481 e. The average molecular weight is 555 g/mol. The lowest BCUT2D eigenvalue weighted by Crippen LogP contribution is -2.46. The van der Waals surface area contributed by atoms with Crippen molar-refractivity contribution in [2.24, 2.45) is 0 Å². The second-order valence-corrected chi connectivity index (χ2v) is 10.7. The Balaban J connectivity index is 0.000000311. The molecule has 2 aliphatic rings. The fraction of sp³-hybridized carbons (Fsp3) is 0.414. The first-order valence-electron chi connectivity index (χ1n) is 13.0. The first-order valence-corrected chi connectivity index (χ1v) is 13.9. The maximum absolute atomic E-state index is 12.8. The molecular formula is C29H39BN2O6S. The van der Waals surface area contributed by atoms with Gasteiger partial charge in [-0.15, -0.1) is 11.3 Å². The molecule has 3 N–H and O–H groups in total. The zero-order valence-corrected chi connectivity index (χ0v) is 24.2. The molecule has 0 radical (unpaired) electrons. The number of amides is 2. The molecule has 210 valence electrons. The molecule has 0 spiro atoms. The number of carbonyl (C=O) groups excluding carboxylic acids is 2. The molecule has 0 bridgehead atoms. The van der Waals surface area contributed by atoms with E-state index in [2.05, 4.69) is 62.7 Å². The number of nitrogens with zero attached hydrogens (tertiary/aromatic N) is 1. The van der Waals surface area contributed by atoms with E-state index in [4.69, 9.17) is 9.76 Å². The van der Waals surface area contributed by atoms with Gasteiger partial charge in [-0.25, -0.2) is 0 Å². The third-order valence-electron chi connectivity index (χ3n) is 6.38. The van der Waals surface area contributed by atoms with Gasteiger partial charge in [0.1, 0.15) is 6.04 Å². The van der Waals surface area contributed by atoms with E-state index in [-0.39, 0.29) is 24.8 Å². The topological polar surface area (TPSA) is 116 Å². The third-order valence-corrected chi connectivity index (χ3v) is 7.18. The van der Waals surface area contributed by atoms with Crippen LogP contribution in [0.2, 0.25) is 0 Å². The van der Waals surface area contributed by atoms with Crippen LogP contribution < -0.4 is 10.8 Å². The Labute approximate surface area is 235 Å². The Hall–Kier alpha value is -3.21. The first-order chi connectivity index (χ1) is 18.5. The van der Waals surface area contributed by atoms with Crippen LogP contribution in [0.15, 0.2) is 59.0 Å². The summed E-state index contributed by atoms with van der Waals surface area (Å²) in [6.45, 7) is 11.3. The van der Waals surface area contributed by atoms with Gasteiger partial charge < -0.3 is 25.0 Å². The van der Waals surface area contributed by atoms with Crippen molar-refractivity contribution >= 4 is 41.7 Å². The van der Waals surface area contributed by atoms with Gasteiger partial charge in [-0.3, -0.25) is 14.4 Å². The number of carboxylic acids is 1. The molecule has 2 aliphatic heterocycles. The number of fused-ring (bicyclic) bond motifs is 1. The van der Waals surface area contributed by atoms with Gasteiger partial charge in [0, 0.05) is 23.5 Å². The van der Waals surface area contributed by atoms with Gasteiger partial charge in [0.2, 0.25) is 5.91 Å². The molecule has 39 heavy (non-hydrogen) atoms. The van der Waals surface area contributed by atoms with E-state index >= 15 is 0 Å². The van der Waals surface area contributed by atoms with E-state index in [9.17, 15) is 19.4 Å². The van der Waals surface area contributed by atoms with Gasteiger partial charge in [0.25, 0.3) is 5.91 Å². The number of allylic oxidation sites excluding steroid dienone is 4. The summed E-state index contributed by atoms with van der Waals surface area (Å²) in [5.74, 6) is -1.60. The first kappa shape index (κ1) is 32.0. The SMILES string of the molecule is C/C=C\C(C)=C(C)C.Cc1cccs1.O=C(O)CCNC(=O)C1CCCN1C(=O)c1ccc2c(c1)B(O)OC2. The highest BCUT2D eigenvalue weighted by Crippen LogP contribution is 2.21. The Morgan fingerprint density at radius 1 is 1.23 bits per heavy atom. The maximum Gasteiger partial charge on any atom is 0.491 e. The van der Waals surface area contributed by atoms with Crippen LogP contribution in [0.1, 0.15) is 67.8 Å². The number of aryl methyl sites for hydroxylation is 1. The van der Waals surface area contributed by atoms with E-state index in [1.165, 1.54) is 20.9 Å². The summed E-state index contributed by atoms with van der Waals surface area (Å²) in [6.07, 6.45) is 5.27. The van der Waals surface area contributed by atoms with Crippen LogP contribution in [-0.4, -0.2) is 59.1 Å². The summed E-state index contributed by atoms with van der Waals surface area (Å²) < 4.78 is 5.13. The van der Waals surface area contributed by atoms with Gasteiger partial charge in [-0.1, -0.05) is 35.4 Å². The highest BCUT2D eigenvalue weighted by Gasteiger charge is 2.35. The molecule has 1 aromatic carbocycles. The monoisotopic (exact) mass is 554 g/mol. The summed E-state index contributed by atoms with van der Waals surface area (Å²) in [5, 5.41) is 23.1. The molecule has 0 aliphatic carbocycles. The number of nitrogens with one attached hydrogen (secondary N) is 1. The molecule has 1 fully saturated rings. The van der Waals surface area contributed by atoms with Crippen LogP contribution in [0.5, 0.6) is 0 Å². The summed E-state index contributed by atoms with van der Waals surface area (Å²) in [4.78, 5) is 38.5. The molecule has 1 aromatic heterocycles. The molecule has 2 aromatic rings. The van der Waals surface area contributed by atoms with E-state index in [0.717, 1.165) is 5.56 Å². The van der Waals surface area contributed by atoms with E-state index in [1.807, 2.05) is 6.92 Å². The van der Waals surface area contributed by atoms with Crippen molar-refractivity contribution in [3.8, 4) is 0 Å². The molecule has 1 unspecified atom stereocenters. The largest absolute Gasteiger partial charge is 0.491 e. The Morgan fingerprint density at radius 3 is 2.51 bits per heavy atom. The summed E-state index contributed by atoms with van der Waals surface area (Å²) in [7, 11) is -1.03. The molecular weight excluding hydrogens is 515 g/mol. The minimum absolute atomic E-state index is 0.0368. The average Bonchev–Trinajstić information content (AvgIpc) is 3.66. The minimum Gasteiger partial charge on any atom is -0.481 e. The number of carbonyl (C=O) groups is 3. The number of carboxylic acid groups (broad SMARTS) is 1. The molecule has 10 heteroatoms. The lowest BCUT2D eigenvalue weighted by atomic mass is 9.78. The van der Waals surface area contributed by atoms with E-state index in [1.54, 1.807) is 29.5 Å². The predicted octanol–water partition coefficient (Wildman–Crippen LogP) is 4.08. The van der Waals surface area contributed by atoms with Crippen molar-refractivity contribution in [2.75, 3.05) is 13.1 Å². The number of rotatable bonds is 6. The van der Waals surface area contributed by atoms with Crippen LogP contribution in [0.25, 0.3) is 0 Å². The lowest BCUT2D eigenvalue weighted by molar-refractivity contribution is -0.137. The lowest BCUT2D eigenvalue weighted by Gasteiger charge is -2.24. The van der Waals surface area contributed by atoms with Crippen molar-refractivity contribution in [1.29, 1.82) is 0 Å². The van der Waals surface area contributed by atoms with Crippen LogP contribution in [0.3, 0.4) is 0 Å². The van der Waals surface area contributed by atoms with Crippen LogP contribution >= 0.6 is 11.3 Å². The molecule has 8 nitrogen and oxygen atoms in total. The Kier molecular flexibility index (Phi) is 13.2. The number of aliphatic carboxylic acids is 1. The van der Waals surface area contributed by atoms with Crippen LogP contribution in [-0.2, 0) is 20.9 Å². The Bertz CT molecular complexity index is 1170. The van der Waals surface area contributed by atoms with Gasteiger partial charge in [-0.05, 0) is 82.1 Å². The van der Waals surface area contributed by atoms with Gasteiger partial charge in [0.15, 0.2) is 0 Å². The fourth-order valence-electron chi connectivity index (χ4n) is 3.98. The number of thiophene rings is 1. The van der Waals surface area contributed by atoms with Gasteiger partial charge in [0.05, 0.1) is 13.0 Å². The van der Waals surface area contributed by atoms with Crippen molar-refractivity contribution < 1.29 is 29.2 Å². The van der Waals surface area contributed by atoms with Crippen LogP contribution in [0, 0.1) is 6.92 Å². The Morgan fingerprint density at radius 2 is 1.97 bits per heavy atom. The van der Waals surface area contributed by atoms with Crippen molar-refractivity contribution in [1.82, 2.24) is 10.2 Å². The molecule has 4 rings (SSSR count). The standard InChI is InChI=1S/C16H19BN2O6.C8H14.C5H6S/c20-14(21)5-6-18-15(22)13-2-1-7-19(13)16(23)10-3-4-11-9-25-17(24)12(11)8-10;1-5-6-8(4)7(2)3;1-5-3-2-4-6-5/h3-4,8,13,24H,1-2,5-7,9H2,(H,18,22)(H,20,21);5-6H,1-4H3;2-4H,1H3/b;6-5-;. The highest BCUT2D eigenvalue weighted by molar-refractivity contribution is 7.09. The molecule has 0 saturated carbocycles. The molecule has 2 amide bonds. The zero-order valence-electron chi connectivity index (χ0n) is 23.4. The van der Waals surface area contributed by atoms with Crippen LogP contribution in [0.4, 0.5) is 0 Å². The number of benzene rings is 1. The fourth-order valence-corrected chi connectivity index (χ4v) is 4.51. The normalized spacial score (nSPS) is 15.6.